The van der Waals surface area contributed by atoms with Gasteiger partial charge in [0, 0.05) is 17.3 Å². The summed E-state index contributed by atoms with van der Waals surface area (Å²) in [6.45, 7) is 0. The number of rotatable bonds is 3. The number of aromatic nitrogens is 2. The molecule has 2 N–H and O–H groups in total. The number of para-hydroxylation sites is 3. The topological polar surface area (TPSA) is 78.6 Å². The van der Waals surface area contributed by atoms with E-state index >= 15 is 0 Å². The maximum atomic E-state index is 10.1. The zero-order valence-corrected chi connectivity index (χ0v) is 13.7. The lowest BCUT2D eigenvalue weighted by Crippen LogP contribution is -1.90. The Morgan fingerprint density at radius 1 is 0.808 bits per heavy atom. The standard InChI is InChI=1S/C21H15N3O2/c25-19-10-3-1-6-14(19)12-22-16-8-5-9-17-21(16)24-18(13-23-17)15-7-2-4-11-20(15)26/h1-13,25-26H. The number of aromatic hydroxyl groups is 2. The molecule has 5 heteroatoms. The molecule has 0 radical (unpaired) electrons. The van der Waals surface area contributed by atoms with Crippen molar-refractivity contribution in [2.45, 2.75) is 0 Å². The van der Waals surface area contributed by atoms with Gasteiger partial charge in [-0.2, -0.15) is 0 Å². The Morgan fingerprint density at radius 3 is 2.38 bits per heavy atom. The van der Waals surface area contributed by atoms with Crippen molar-refractivity contribution in [1.29, 1.82) is 0 Å². The Morgan fingerprint density at radius 2 is 1.58 bits per heavy atom. The third-order valence-electron chi connectivity index (χ3n) is 4.01. The number of aliphatic imine (C=N–C) groups is 1. The molecule has 0 amide bonds. The fraction of sp³-hybridized carbons (Fsp3) is 0. The van der Waals surface area contributed by atoms with Gasteiger partial charge in [0.2, 0.25) is 0 Å². The molecule has 26 heavy (non-hydrogen) atoms. The van der Waals surface area contributed by atoms with Crippen LogP contribution in [0, 0.1) is 0 Å². The maximum absolute atomic E-state index is 10.1. The second kappa shape index (κ2) is 6.64. The van der Waals surface area contributed by atoms with Crippen LogP contribution in [-0.4, -0.2) is 26.4 Å². The SMILES string of the molecule is Oc1ccccc1C=Nc1cccc2ncc(-c3ccccc3O)nc12. The van der Waals surface area contributed by atoms with Crippen molar-refractivity contribution in [3.63, 3.8) is 0 Å². The van der Waals surface area contributed by atoms with Crippen molar-refractivity contribution < 1.29 is 10.2 Å². The second-order valence-electron chi connectivity index (χ2n) is 5.73. The van der Waals surface area contributed by atoms with E-state index in [4.69, 9.17) is 0 Å². The van der Waals surface area contributed by atoms with E-state index in [9.17, 15) is 10.2 Å². The molecule has 0 atom stereocenters. The van der Waals surface area contributed by atoms with Gasteiger partial charge < -0.3 is 10.2 Å². The molecule has 126 valence electrons. The monoisotopic (exact) mass is 341 g/mol. The average Bonchev–Trinajstić information content (AvgIpc) is 2.67. The molecule has 5 nitrogen and oxygen atoms in total. The van der Waals surface area contributed by atoms with Crippen molar-refractivity contribution in [2.75, 3.05) is 0 Å². The van der Waals surface area contributed by atoms with Crippen LogP contribution in [0.3, 0.4) is 0 Å². The summed E-state index contributed by atoms with van der Waals surface area (Å²) in [6, 6.07) is 19.5. The van der Waals surface area contributed by atoms with Gasteiger partial charge in [-0.25, -0.2) is 4.98 Å². The first kappa shape index (κ1) is 15.8. The van der Waals surface area contributed by atoms with E-state index in [0.717, 1.165) is 0 Å². The van der Waals surface area contributed by atoms with Gasteiger partial charge in [0.05, 0.1) is 23.1 Å². The highest BCUT2D eigenvalue weighted by molar-refractivity contribution is 5.92. The maximum Gasteiger partial charge on any atom is 0.125 e. The number of nitrogens with zero attached hydrogens (tertiary/aromatic N) is 3. The largest absolute Gasteiger partial charge is 0.507 e. The van der Waals surface area contributed by atoms with Crippen molar-refractivity contribution in [3.8, 4) is 22.8 Å². The van der Waals surface area contributed by atoms with Crippen LogP contribution in [0.5, 0.6) is 11.5 Å². The molecule has 1 heterocycles. The van der Waals surface area contributed by atoms with Crippen LogP contribution >= 0.6 is 0 Å². The van der Waals surface area contributed by atoms with E-state index in [2.05, 4.69) is 15.0 Å². The summed E-state index contributed by atoms with van der Waals surface area (Å²) in [7, 11) is 0. The molecule has 3 aromatic carbocycles. The minimum atomic E-state index is 0.149. The molecule has 0 saturated heterocycles. The number of hydrogen-bond acceptors (Lipinski definition) is 5. The van der Waals surface area contributed by atoms with Gasteiger partial charge in [-0.15, -0.1) is 0 Å². The van der Waals surface area contributed by atoms with Crippen molar-refractivity contribution in [3.05, 3.63) is 78.5 Å². The quantitative estimate of drug-likeness (QED) is 0.539. The summed E-state index contributed by atoms with van der Waals surface area (Å²) in [5, 5.41) is 19.9. The highest BCUT2D eigenvalue weighted by Crippen LogP contribution is 2.30. The van der Waals surface area contributed by atoms with Gasteiger partial charge in [-0.05, 0) is 36.4 Å². The van der Waals surface area contributed by atoms with Gasteiger partial charge in [-0.1, -0.05) is 30.3 Å². The highest BCUT2D eigenvalue weighted by Gasteiger charge is 2.09. The Balaban J connectivity index is 1.82. The van der Waals surface area contributed by atoms with Crippen LogP contribution < -0.4 is 0 Å². The summed E-state index contributed by atoms with van der Waals surface area (Å²) < 4.78 is 0. The molecule has 0 bridgehead atoms. The molecule has 0 aliphatic rings. The summed E-state index contributed by atoms with van der Waals surface area (Å²) in [5.74, 6) is 0.314. The van der Waals surface area contributed by atoms with Crippen molar-refractivity contribution in [2.24, 2.45) is 4.99 Å². The minimum absolute atomic E-state index is 0.149. The van der Waals surface area contributed by atoms with Crippen LogP contribution in [-0.2, 0) is 0 Å². The van der Waals surface area contributed by atoms with E-state index in [1.54, 1.807) is 48.8 Å². The van der Waals surface area contributed by atoms with E-state index in [-0.39, 0.29) is 11.5 Å². The molecule has 0 aliphatic heterocycles. The number of benzene rings is 3. The van der Waals surface area contributed by atoms with E-state index < -0.39 is 0 Å². The number of fused-ring (bicyclic) bond motifs is 1. The normalized spacial score (nSPS) is 11.2. The van der Waals surface area contributed by atoms with E-state index in [1.165, 1.54) is 0 Å². The smallest absolute Gasteiger partial charge is 0.125 e. The zero-order chi connectivity index (χ0) is 17.9. The summed E-state index contributed by atoms with van der Waals surface area (Å²) >= 11 is 0. The summed E-state index contributed by atoms with van der Waals surface area (Å²) in [4.78, 5) is 13.5. The predicted octanol–water partition coefficient (Wildman–Crippen LogP) is 4.46. The lowest BCUT2D eigenvalue weighted by molar-refractivity contribution is 0.474. The fourth-order valence-electron chi connectivity index (χ4n) is 2.68. The Labute approximate surface area is 150 Å². The van der Waals surface area contributed by atoms with E-state index in [1.807, 2.05) is 30.3 Å². The predicted molar refractivity (Wildman–Crippen MR) is 102 cm³/mol. The highest BCUT2D eigenvalue weighted by atomic mass is 16.3. The first-order chi connectivity index (χ1) is 12.7. The van der Waals surface area contributed by atoms with Crippen molar-refractivity contribution >= 4 is 22.9 Å². The molecule has 1 aromatic heterocycles. The van der Waals surface area contributed by atoms with Gasteiger partial charge in [0.15, 0.2) is 0 Å². The Kier molecular flexibility index (Phi) is 4.03. The number of phenolic OH excluding ortho intramolecular Hbond substituents is 2. The fourth-order valence-corrected chi connectivity index (χ4v) is 2.68. The van der Waals surface area contributed by atoms with Crippen LogP contribution in [0.4, 0.5) is 5.69 Å². The first-order valence-electron chi connectivity index (χ1n) is 8.08. The third-order valence-corrected chi connectivity index (χ3v) is 4.01. The molecule has 0 fully saturated rings. The van der Waals surface area contributed by atoms with Crippen molar-refractivity contribution in [1.82, 2.24) is 9.97 Å². The molecule has 4 rings (SSSR count). The van der Waals surface area contributed by atoms with Gasteiger partial charge in [0.1, 0.15) is 17.0 Å². The van der Waals surface area contributed by atoms with E-state index in [0.29, 0.717) is 33.5 Å². The lowest BCUT2D eigenvalue weighted by Gasteiger charge is -2.06. The zero-order valence-electron chi connectivity index (χ0n) is 13.7. The van der Waals surface area contributed by atoms with Gasteiger partial charge in [0.25, 0.3) is 0 Å². The molecular weight excluding hydrogens is 326 g/mol. The van der Waals surface area contributed by atoms with Gasteiger partial charge in [-0.3, -0.25) is 9.98 Å². The first-order valence-corrected chi connectivity index (χ1v) is 8.08. The molecule has 0 unspecified atom stereocenters. The number of hydrogen-bond donors (Lipinski definition) is 2. The third kappa shape index (κ3) is 2.98. The summed E-state index contributed by atoms with van der Waals surface area (Å²) in [6.07, 6.45) is 3.23. The molecule has 0 spiro atoms. The lowest BCUT2D eigenvalue weighted by atomic mass is 10.1. The minimum Gasteiger partial charge on any atom is -0.507 e. The molecule has 4 aromatic rings. The Bertz CT molecular complexity index is 1120. The molecular formula is C21H15N3O2. The Hall–Kier alpha value is -3.73. The molecule has 0 saturated carbocycles. The molecule has 0 aliphatic carbocycles. The van der Waals surface area contributed by atoms with Crippen LogP contribution in [0.2, 0.25) is 0 Å². The van der Waals surface area contributed by atoms with Gasteiger partial charge >= 0.3 is 0 Å². The van der Waals surface area contributed by atoms with Crippen LogP contribution in [0.15, 0.2) is 77.9 Å². The number of phenols is 2. The second-order valence-corrected chi connectivity index (χ2v) is 5.73. The average molecular weight is 341 g/mol. The van der Waals surface area contributed by atoms with Crippen LogP contribution in [0.25, 0.3) is 22.3 Å². The summed E-state index contributed by atoms with van der Waals surface area (Å²) in [5.41, 5.74) is 3.77. The van der Waals surface area contributed by atoms with Crippen LogP contribution in [0.1, 0.15) is 5.56 Å².